The minimum absolute atomic E-state index is 0.170. The van der Waals surface area contributed by atoms with E-state index in [1.54, 1.807) is 29.8 Å². The lowest BCUT2D eigenvalue weighted by molar-refractivity contribution is 0.123. The van der Waals surface area contributed by atoms with Crippen LogP contribution in [0, 0.1) is 0 Å². The van der Waals surface area contributed by atoms with E-state index < -0.39 is 24.3 Å². The van der Waals surface area contributed by atoms with Gasteiger partial charge in [-0.05, 0) is 30.2 Å². The molecule has 3 rings (SSSR count). The van der Waals surface area contributed by atoms with Crippen molar-refractivity contribution >= 4 is 0 Å². The van der Waals surface area contributed by atoms with Crippen LogP contribution in [0.15, 0.2) is 73.3 Å². The maximum absolute atomic E-state index is 13.1. The van der Waals surface area contributed by atoms with Gasteiger partial charge in [-0.25, -0.2) is 9.37 Å². The molecule has 0 aliphatic heterocycles. The number of aliphatic hydroxyl groups is 3. The molecule has 1 heterocycles. The summed E-state index contributed by atoms with van der Waals surface area (Å²) in [4.78, 5) is 4.10. The maximum atomic E-state index is 13.1. The number of imidazole rings is 1. The molecule has 0 spiro atoms. The van der Waals surface area contributed by atoms with E-state index in [2.05, 4.69) is 4.98 Å². The largest absolute Gasteiger partial charge is 0.491 e. The number of benzene rings is 2. The Labute approximate surface area is 186 Å². The van der Waals surface area contributed by atoms with E-state index in [9.17, 15) is 14.6 Å². The summed E-state index contributed by atoms with van der Waals surface area (Å²) < 4.78 is 20.4. The van der Waals surface area contributed by atoms with Crippen LogP contribution in [0.25, 0.3) is 11.1 Å². The van der Waals surface area contributed by atoms with Crippen molar-refractivity contribution in [2.75, 3.05) is 13.2 Å². The third-order valence-electron chi connectivity index (χ3n) is 5.12. The van der Waals surface area contributed by atoms with Gasteiger partial charge < -0.3 is 30.4 Å². The highest BCUT2D eigenvalue weighted by atomic mass is 19.1. The first-order valence-electron chi connectivity index (χ1n) is 10.3. The van der Waals surface area contributed by atoms with Crippen molar-refractivity contribution < 1.29 is 24.4 Å². The Hall–Kier alpha value is -3.04. The molecule has 0 fully saturated rings. The van der Waals surface area contributed by atoms with Crippen molar-refractivity contribution in [3.63, 3.8) is 0 Å². The number of rotatable bonds is 10. The molecule has 0 bridgehead atoms. The van der Waals surface area contributed by atoms with Gasteiger partial charge in [0.2, 0.25) is 0 Å². The molecule has 3 aromatic rings. The topological polar surface area (TPSA) is 114 Å². The Morgan fingerprint density at radius 3 is 2.53 bits per heavy atom. The molecule has 5 N–H and O–H groups in total. The average molecular weight is 442 g/mol. The van der Waals surface area contributed by atoms with Gasteiger partial charge in [0.25, 0.3) is 0 Å². The molecular formula is C24H28FN3O4. The van der Waals surface area contributed by atoms with Gasteiger partial charge in [-0.2, -0.15) is 0 Å². The van der Waals surface area contributed by atoms with Gasteiger partial charge >= 0.3 is 0 Å². The average Bonchev–Trinajstić information content (AvgIpc) is 3.31. The molecule has 7 nitrogen and oxygen atoms in total. The summed E-state index contributed by atoms with van der Waals surface area (Å²) in [5, 5.41) is 30.0. The van der Waals surface area contributed by atoms with Crippen LogP contribution in [0.5, 0.6) is 5.75 Å². The fraction of sp³-hybridized carbons (Fsp3) is 0.292. The minimum atomic E-state index is -1.07. The zero-order valence-corrected chi connectivity index (χ0v) is 17.8. The normalized spacial score (nSPS) is 15.4. The van der Waals surface area contributed by atoms with Gasteiger partial charge in [0.1, 0.15) is 30.4 Å². The van der Waals surface area contributed by atoms with E-state index in [4.69, 9.17) is 15.6 Å². The second-order valence-corrected chi connectivity index (χ2v) is 7.49. The molecule has 0 aliphatic carbocycles. The van der Waals surface area contributed by atoms with E-state index >= 15 is 0 Å². The summed E-state index contributed by atoms with van der Waals surface area (Å²) in [5.74, 6) is 0.957. The smallest absolute Gasteiger partial charge is 0.137 e. The van der Waals surface area contributed by atoms with Crippen molar-refractivity contribution in [2.24, 2.45) is 5.73 Å². The Balaban J connectivity index is 1.86. The molecule has 32 heavy (non-hydrogen) atoms. The molecule has 1 aromatic heterocycles. The second kappa shape index (κ2) is 11.0. The molecule has 0 saturated carbocycles. The molecule has 2 aromatic carbocycles. The number of aliphatic hydroxyl groups excluding tert-OH is 3. The Kier molecular flexibility index (Phi) is 8.13. The maximum Gasteiger partial charge on any atom is 0.137 e. The molecule has 0 saturated heterocycles. The number of nitrogens with two attached hydrogens (primary N) is 1. The molecular weight excluding hydrogens is 413 g/mol. The standard InChI is InChI=1S/C24H28FN3O4/c1-16(30)24-27-12-13-28(24)21(10-11-25)23(31)18-8-6-17(7-9-18)20-4-2-3-5-22(20)32-15-19(26)14-29/h2-13,16,19,21,23,29-31H,14-15,26H2,1H3. The van der Waals surface area contributed by atoms with Gasteiger partial charge in [0.15, 0.2) is 0 Å². The zero-order valence-electron chi connectivity index (χ0n) is 17.8. The predicted octanol–water partition coefficient (Wildman–Crippen LogP) is 3.06. The minimum Gasteiger partial charge on any atom is -0.491 e. The Bertz CT molecular complexity index is 1020. The molecule has 4 atom stereocenters. The Morgan fingerprint density at radius 1 is 1.16 bits per heavy atom. The SMILES string of the molecule is CC(O)c1nccn1C(C=CF)C(O)c1ccc(-c2ccccc2OCC(N)CO)cc1. The molecule has 0 radical (unpaired) electrons. The number of ether oxygens (including phenoxy) is 1. The van der Waals surface area contributed by atoms with Gasteiger partial charge in [-0.3, -0.25) is 0 Å². The van der Waals surface area contributed by atoms with Crippen molar-refractivity contribution in [1.82, 2.24) is 9.55 Å². The second-order valence-electron chi connectivity index (χ2n) is 7.49. The predicted molar refractivity (Wildman–Crippen MR) is 120 cm³/mol. The van der Waals surface area contributed by atoms with Crippen LogP contribution in [0.1, 0.15) is 36.6 Å². The van der Waals surface area contributed by atoms with Crippen LogP contribution in [-0.2, 0) is 0 Å². The van der Waals surface area contributed by atoms with Crippen molar-refractivity contribution in [1.29, 1.82) is 0 Å². The first-order valence-corrected chi connectivity index (χ1v) is 10.3. The van der Waals surface area contributed by atoms with Crippen molar-refractivity contribution in [2.45, 2.75) is 31.2 Å². The van der Waals surface area contributed by atoms with Gasteiger partial charge in [-0.1, -0.05) is 42.5 Å². The summed E-state index contributed by atoms with van der Waals surface area (Å²) in [7, 11) is 0. The van der Waals surface area contributed by atoms with Crippen LogP contribution in [0.4, 0.5) is 4.39 Å². The number of hydrogen-bond acceptors (Lipinski definition) is 6. The Morgan fingerprint density at radius 2 is 1.88 bits per heavy atom. The third-order valence-corrected chi connectivity index (χ3v) is 5.12. The van der Waals surface area contributed by atoms with Crippen molar-refractivity contribution in [3.05, 3.63) is 84.7 Å². The molecule has 170 valence electrons. The van der Waals surface area contributed by atoms with E-state index in [0.29, 0.717) is 23.5 Å². The van der Waals surface area contributed by atoms with Gasteiger partial charge in [0.05, 0.1) is 25.0 Å². The van der Waals surface area contributed by atoms with E-state index in [0.717, 1.165) is 11.1 Å². The van der Waals surface area contributed by atoms with Crippen LogP contribution in [0.2, 0.25) is 0 Å². The van der Waals surface area contributed by atoms with E-state index in [-0.39, 0.29) is 13.2 Å². The van der Waals surface area contributed by atoms with Gasteiger partial charge in [0, 0.05) is 18.0 Å². The summed E-state index contributed by atoms with van der Waals surface area (Å²) in [5.41, 5.74) is 8.00. The molecule has 4 unspecified atom stereocenters. The first-order chi connectivity index (χ1) is 15.5. The van der Waals surface area contributed by atoms with Crippen LogP contribution in [-0.4, -0.2) is 44.1 Å². The number of nitrogens with zero attached hydrogens (tertiary/aromatic N) is 2. The number of para-hydroxylation sites is 1. The highest BCUT2D eigenvalue weighted by Gasteiger charge is 2.24. The molecule has 0 aliphatic rings. The highest BCUT2D eigenvalue weighted by Crippen LogP contribution is 2.34. The lowest BCUT2D eigenvalue weighted by Crippen LogP contribution is -2.31. The molecule has 8 heteroatoms. The summed E-state index contributed by atoms with van der Waals surface area (Å²) in [6.45, 7) is 1.57. The highest BCUT2D eigenvalue weighted by molar-refractivity contribution is 5.70. The first kappa shape index (κ1) is 23.6. The zero-order chi connectivity index (χ0) is 23.1. The fourth-order valence-electron chi connectivity index (χ4n) is 3.46. The number of halogens is 1. The number of hydrogen-bond donors (Lipinski definition) is 4. The quantitative estimate of drug-likeness (QED) is 0.385. The van der Waals surface area contributed by atoms with Crippen LogP contribution >= 0.6 is 0 Å². The van der Waals surface area contributed by atoms with Crippen LogP contribution < -0.4 is 10.5 Å². The van der Waals surface area contributed by atoms with E-state index in [1.165, 1.54) is 12.3 Å². The monoisotopic (exact) mass is 441 g/mol. The molecule has 0 amide bonds. The fourth-order valence-corrected chi connectivity index (χ4v) is 3.46. The van der Waals surface area contributed by atoms with Crippen LogP contribution in [0.3, 0.4) is 0 Å². The third kappa shape index (κ3) is 5.41. The van der Waals surface area contributed by atoms with E-state index in [1.807, 2.05) is 36.4 Å². The lowest BCUT2D eigenvalue weighted by Gasteiger charge is -2.24. The number of aromatic nitrogens is 2. The van der Waals surface area contributed by atoms with Gasteiger partial charge in [-0.15, -0.1) is 0 Å². The lowest BCUT2D eigenvalue weighted by atomic mass is 9.97. The summed E-state index contributed by atoms with van der Waals surface area (Å²) in [6, 6.07) is 13.4. The summed E-state index contributed by atoms with van der Waals surface area (Å²) >= 11 is 0. The summed E-state index contributed by atoms with van der Waals surface area (Å²) in [6.07, 6.45) is 2.74. The van der Waals surface area contributed by atoms with Crippen molar-refractivity contribution in [3.8, 4) is 16.9 Å².